The van der Waals surface area contributed by atoms with Crippen molar-refractivity contribution in [3.8, 4) is 6.07 Å². The van der Waals surface area contributed by atoms with E-state index in [1.807, 2.05) is 36.2 Å². The molecular weight excluding hydrogens is 196 g/mol. The van der Waals surface area contributed by atoms with Crippen molar-refractivity contribution >= 4 is 11.6 Å². The second-order valence-corrected chi connectivity index (χ2v) is 3.74. The second-order valence-electron chi connectivity index (χ2n) is 3.30. The van der Waals surface area contributed by atoms with Crippen molar-refractivity contribution in [2.24, 2.45) is 0 Å². The molecular formula is C11H13ClN2. The zero-order valence-corrected chi connectivity index (χ0v) is 9.12. The van der Waals surface area contributed by atoms with Crippen molar-refractivity contribution in [1.82, 2.24) is 4.90 Å². The minimum atomic E-state index is 0.216. The summed E-state index contributed by atoms with van der Waals surface area (Å²) in [5.41, 5.74) is 1.13. The van der Waals surface area contributed by atoms with E-state index in [1.165, 1.54) is 0 Å². The third kappa shape index (κ3) is 2.73. The summed E-state index contributed by atoms with van der Waals surface area (Å²) in [7, 11) is 1.93. The van der Waals surface area contributed by atoms with E-state index in [-0.39, 0.29) is 6.04 Å². The van der Waals surface area contributed by atoms with Gasteiger partial charge in [0.05, 0.1) is 12.6 Å². The molecule has 0 saturated carbocycles. The monoisotopic (exact) mass is 208 g/mol. The molecule has 2 nitrogen and oxygen atoms in total. The standard InChI is InChI=1S/C11H13ClN2/c1-9(14(2)7-6-13)10-4-3-5-11(12)8-10/h3-5,8-9H,7H2,1-2H3. The molecule has 1 aromatic carbocycles. The fourth-order valence-corrected chi connectivity index (χ4v) is 1.47. The molecule has 1 aromatic rings. The van der Waals surface area contributed by atoms with Gasteiger partial charge in [-0.1, -0.05) is 23.7 Å². The summed E-state index contributed by atoms with van der Waals surface area (Å²) >= 11 is 5.89. The van der Waals surface area contributed by atoms with Crippen LogP contribution in [0.2, 0.25) is 5.02 Å². The Bertz CT molecular complexity index is 343. The van der Waals surface area contributed by atoms with E-state index in [1.54, 1.807) is 0 Å². The molecule has 0 radical (unpaired) electrons. The van der Waals surface area contributed by atoms with Gasteiger partial charge in [0.15, 0.2) is 0 Å². The van der Waals surface area contributed by atoms with Crippen LogP contribution in [0.15, 0.2) is 24.3 Å². The Morgan fingerprint density at radius 2 is 2.29 bits per heavy atom. The van der Waals surface area contributed by atoms with Gasteiger partial charge in [-0.05, 0) is 31.7 Å². The molecule has 0 aliphatic rings. The topological polar surface area (TPSA) is 27.0 Å². The molecule has 1 rings (SSSR count). The van der Waals surface area contributed by atoms with E-state index in [0.717, 1.165) is 10.6 Å². The number of hydrogen-bond acceptors (Lipinski definition) is 2. The lowest BCUT2D eigenvalue weighted by atomic mass is 10.1. The first-order valence-corrected chi connectivity index (χ1v) is 4.85. The highest BCUT2D eigenvalue weighted by Crippen LogP contribution is 2.21. The van der Waals surface area contributed by atoms with E-state index in [2.05, 4.69) is 13.0 Å². The molecule has 0 N–H and O–H groups in total. The maximum absolute atomic E-state index is 8.57. The van der Waals surface area contributed by atoms with E-state index < -0.39 is 0 Å². The third-order valence-electron chi connectivity index (χ3n) is 2.31. The predicted octanol–water partition coefficient (Wildman–Crippen LogP) is 2.86. The van der Waals surface area contributed by atoms with E-state index in [4.69, 9.17) is 16.9 Å². The molecule has 0 spiro atoms. The molecule has 3 heteroatoms. The minimum absolute atomic E-state index is 0.216. The van der Waals surface area contributed by atoms with Gasteiger partial charge in [-0.2, -0.15) is 5.26 Å². The first-order valence-electron chi connectivity index (χ1n) is 4.48. The van der Waals surface area contributed by atoms with Gasteiger partial charge in [-0.15, -0.1) is 0 Å². The van der Waals surface area contributed by atoms with Crippen molar-refractivity contribution < 1.29 is 0 Å². The predicted molar refractivity (Wildman–Crippen MR) is 58.1 cm³/mol. The van der Waals surface area contributed by atoms with Gasteiger partial charge in [-0.25, -0.2) is 0 Å². The maximum atomic E-state index is 8.57. The first kappa shape index (κ1) is 11.0. The van der Waals surface area contributed by atoms with Gasteiger partial charge >= 0.3 is 0 Å². The Kier molecular flexibility index (Phi) is 3.94. The first-order chi connectivity index (χ1) is 6.65. The summed E-state index contributed by atoms with van der Waals surface area (Å²) in [6.07, 6.45) is 0. The van der Waals surface area contributed by atoms with Crippen molar-refractivity contribution in [2.45, 2.75) is 13.0 Å². The Balaban J connectivity index is 2.79. The summed E-state index contributed by atoms with van der Waals surface area (Å²) in [5.74, 6) is 0. The lowest BCUT2D eigenvalue weighted by Crippen LogP contribution is -2.22. The average Bonchev–Trinajstić information content (AvgIpc) is 2.17. The third-order valence-corrected chi connectivity index (χ3v) is 2.55. The normalized spacial score (nSPS) is 12.5. The summed E-state index contributed by atoms with van der Waals surface area (Å²) in [6, 6.07) is 10.1. The van der Waals surface area contributed by atoms with E-state index >= 15 is 0 Å². The SMILES string of the molecule is CC(c1cccc(Cl)c1)N(C)CC#N. The van der Waals surface area contributed by atoms with Crippen LogP contribution < -0.4 is 0 Å². The average molecular weight is 209 g/mol. The molecule has 0 heterocycles. The van der Waals surface area contributed by atoms with E-state index in [0.29, 0.717) is 6.54 Å². The largest absolute Gasteiger partial charge is 0.287 e. The number of nitrogens with zero attached hydrogens (tertiary/aromatic N) is 2. The van der Waals surface area contributed by atoms with Crippen molar-refractivity contribution in [1.29, 1.82) is 5.26 Å². The van der Waals surface area contributed by atoms with Crippen LogP contribution in [-0.4, -0.2) is 18.5 Å². The zero-order valence-electron chi connectivity index (χ0n) is 8.37. The molecule has 74 valence electrons. The quantitative estimate of drug-likeness (QED) is 0.715. The highest BCUT2D eigenvalue weighted by Gasteiger charge is 2.10. The summed E-state index contributed by atoms with van der Waals surface area (Å²) in [6.45, 7) is 2.48. The molecule has 0 bridgehead atoms. The number of benzene rings is 1. The summed E-state index contributed by atoms with van der Waals surface area (Å²) in [5, 5.41) is 9.31. The van der Waals surface area contributed by atoms with Crippen LogP contribution in [0.5, 0.6) is 0 Å². The zero-order chi connectivity index (χ0) is 10.6. The van der Waals surface area contributed by atoms with Crippen LogP contribution >= 0.6 is 11.6 Å². The molecule has 0 amide bonds. The van der Waals surface area contributed by atoms with E-state index in [9.17, 15) is 0 Å². The lowest BCUT2D eigenvalue weighted by molar-refractivity contribution is 0.293. The highest BCUT2D eigenvalue weighted by atomic mass is 35.5. The van der Waals surface area contributed by atoms with Crippen LogP contribution in [0.25, 0.3) is 0 Å². The molecule has 0 fully saturated rings. The fourth-order valence-electron chi connectivity index (χ4n) is 1.27. The Morgan fingerprint density at radius 1 is 1.57 bits per heavy atom. The minimum Gasteiger partial charge on any atom is -0.287 e. The van der Waals surface area contributed by atoms with Gasteiger partial charge in [0, 0.05) is 11.1 Å². The smallest absolute Gasteiger partial charge is 0.0868 e. The van der Waals surface area contributed by atoms with Gasteiger partial charge in [0.2, 0.25) is 0 Å². The molecule has 1 atom stereocenters. The maximum Gasteiger partial charge on any atom is 0.0868 e. The van der Waals surface area contributed by atoms with Crippen molar-refractivity contribution in [3.05, 3.63) is 34.9 Å². The van der Waals surface area contributed by atoms with Gasteiger partial charge < -0.3 is 0 Å². The second kappa shape index (κ2) is 4.99. The van der Waals surface area contributed by atoms with Crippen molar-refractivity contribution in [3.63, 3.8) is 0 Å². The Labute approximate surface area is 89.7 Å². The molecule has 1 unspecified atom stereocenters. The van der Waals surface area contributed by atoms with Crippen LogP contribution in [0.3, 0.4) is 0 Å². The summed E-state index contributed by atoms with van der Waals surface area (Å²) in [4.78, 5) is 1.98. The summed E-state index contributed by atoms with van der Waals surface area (Å²) < 4.78 is 0. The molecule has 0 aliphatic heterocycles. The number of rotatable bonds is 3. The number of nitriles is 1. The number of hydrogen-bond donors (Lipinski definition) is 0. The van der Waals surface area contributed by atoms with Crippen LogP contribution in [0, 0.1) is 11.3 Å². The number of halogens is 1. The lowest BCUT2D eigenvalue weighted by Gasteiger charge is -2.22. The molecule has 0 aromatic heterocycles. The van der Waals surface area contributed by atoms with Gasteiger partial charge in [-0.3, -0.25) is 4.90 Å². The highest BCUT2D eigenvalue weighted by molar-refractivity contribution is 6.30. The molecule has 14 heavy (non-hydrogen) atoms. The Hall–Kier alpha value is -1.04. The molecule has 0 saturated heterocycles. The van der Waals surface area contributed by atoms with Crippen LogP contribution in [-0.2, 0) is 0 Å². The molecule has 0 aliphatic carbocycles. The van der Waals surface area contributed by atoms with Crippen LogP contribution in [0.1, 0.15) is 18.5 Å². The van der Waals surface area contributed by atoms with Gasteiger partial charge in [0.25, 0.3) is 0 Å². The van der Waals surface area contributed by atoms with Gasteiger partial charge in [0.1, 0.15) is 0 Å². The van der Waals surface area contributed by atoms with Crippen LogP contribution in [0.4, 0.5) is 0 Å². The Morgan fingerprint density at radius 3 is 2.86 bits per heavy atom. The fraction of sp³-hybridized carbons (Fsp3) is 0.364. The van der Waals surface area contributed by atoms with Crippen molar-refractivity contribution in [2.75, 3.05) is 13.6 Å².